The van der Waals surface area contributed by atoms with Gasteiger partial charge in [0.1, 0.15) is 0 Å². The van der Waals surface area contributed by atoms with Gasteiger partial charge in [-0.05, 0) is 74.2 Å². The number of hydrogen-bond acceptors (Lipinski definition) is 2. The van der Waals surface area contributed by atoms with Crippen molar-refractivity contribution in [1.29, 1.82) is 0 Å². The zero-order chi connectivity index (χ0) is 19.4. The summed E-state index contributed by atoms with van der Waals surface area (Å²) in [5.74, 6) is 1.92. The highest BCUT2D eigenvalue weighted by atomic mass is 16.5. The minimum absolute atomic E-state index is 0.242. The Kier molecular flexibility index (Phi) is 6.81. The van der Waals surface area contributed by atoms with Gasteiger partial charge in [-0.1, -0.05) is 56.2 Å². The van der Waals surface area contributed by atoms with Crippen LogP contribution in [0.5, 0.6) is 0 Å². The number of aliphatic hydroxyl groups is 1. The monoisotopic (exact) mass is 370 g/mol. The van der Waals surface area contributed by atoms with Crippen LogP contribution in [-0.4, -0.2) is 17.3 Å². The summed E-state index contributed by atoms with van der Waals surface area (Å²) >= 11 is 0. The quantitative estimate of drug-likeness (QED) is 0.557. The molecule has 3 rings (SSSR count). The van der Waals surface area contributed by atoms with Crippen molar-refractivity contribution in [3.8, 4) is 0 Å². The maximum Gasteiger partial charge on any atom is 0.0720 e. The minimum Gasteiger partial charge on any atom is -0.393 e. The van der Waals surface area contributed by atoms with Crippen molar-refractivity contribution in [3.05, 3.63) is 48.0 Å². The van der Waals surface area contributed by atoms with E-state index < -0.39 is 0 Å². The Morgan fingerprint density at radius 3 is 2.70 bits per heavy atom. The van der Waals surface area contributed by atoms with Gasteiger partial charge in [0, 0.05) is 0 Å². The fourth-order valence-electron chi connectivity index (χ4n) is 6.15. The molecule has 2 fully saturated rings. The first-order chi connectivity index (χ1) is 12.9. The summed E-state index contributed by atoms with van der Waals surface area (Å²) in [6.45, 7) is 11.6. The SMILES string of the molecule is C=C(C)C[C@@H](O)C[C@@H](C)[C@H]1CC[C@H]2[C@@H](OCc3ccccc3)CCC[C@]12C. The lowest BCUT2D eigenvalue weighted by atomic mass is 9.61. The van der Waals surface area contributed by atoms with Gasteiger partial charge in [0.25, 0.3) is 0 Å². The average Bonchev–Trinajstić information content (AvgIpc) is 2.97. The predicted octanol–water partition coefficient (Wildman–Crippen LogP) is 6.14. The topological polar surface area (TPSA) is 29.5 Å². The lowest BCUT2D eigenvalue weighted by Gasteiger charge is -2.46. The highest BCUT2D eigenvalue weighted by Crippen LogP contribution is 2.58. The van der Waals surface area contributed by atoms with Crippen LogP contribution >= 0.6 is 0 Å². The smallest absolute Gasteiger partial charge is 0.0720 e. The van der Waals surface area contributed by atoms with Gasteiger partial charge < -0.3 is 9.84 Å². The largest absolute Gasteiger partial charge is 0.393 e. The van der Waals surface area contributed by atoms with Gasteiger partial charge in [-0.25, -0.2) is 0 Å². The average molecular weight is 371 g/mol. The van der Waals surface area contributed by atoms with Gasteiger partial charge in [-0.2, -0.15) is 0 Å². The molecule has 1 aromatic rings. The molecule has 6 atom stereocenters. The summed E-state index contributed by atoms with van der Waals surface area (Å²) in [5.41, 5.74) is 2.72. The van der Waals surface area contributed by atoms with Crippen molar-refractivity contribution in [2.75, 3.05) is 0 Å². The molecule has 0 bridgehead atoms. The first kappa shape index (κ1) is 20.6. The highest BCUT2D eigenvalue weighted by Gasteiger charge is 2.52. The van der Waals surface area contributed by atoms with Crippen molar-refractivity contribution in [1.82, 2.24) is 0 Å². The summed E-state index contributed by atoms with van der Waals surface area (Å²) in [4.78, 5) is 0. The fraction of sp³-hybridized carbons (Fsp3) is 0.680. The summed E-state index contributed by atoms with van der Waals surface area (Å²) < 4.78 is 6.45. The Morgan fingerprint density at radius 1 is 1.26 bits per heavy atom. The van der Waals surface area contributed by atoms with E-state index in [-0.39, 0.29) is 6.10 Å². The lowest BCUT2D eigenvalue weighted by Crippen LogP contribution is -2.42. The normalized spacial score (nSPS) is 32.7. The van der Waals surface area contributed by atoms with Crippen molar-refractivity contribution in [3.63, 3.8) is 0 Å². The highest BCUT2D eigenvalue weighted by molar-refractivity contribution is 5.13. The molecule has 2 saturated carbocycles. The number of aliphatic hydroxyl groups excluding tert-OH is 1. The summed E-state index contributed by atoms with van der Waals surface area (Å²) in [6.07, 6.45) is 8.13. The van der Waals surface area contributed by atoms with Gasteiger partial charge in [0.15, 0.2) is 0 Å². The van der Waals surface area contributed by atoms with Crippen molar-refractivity contribution in [2.24, 2.45) is 23.2 Å². The molecule has 2 aliphatic rings. The number of hydrogen-bond donors (Lipinski definition) is 1. The van der Waals surface area contributed by atoms with Crippen molar-refractivity contribution >= 4 is 0 Å². The van der Waals surface area contributed by atoms with Gasteiger partial charge in [-0.15, -0.1) is 6.58 Å². The second kappa shape index (κ2) is 8.92. The molecule has 0 spiro atoms. The predicted molar refractivity (Wildman–Crippen MR) is 112 cm³/mol. The molecule has 0 aliphatic heterocycles. The maximum atomic E-state index is 10.4. The molecular formula is C25H38O2. The molecule has 2 aliphatic carbocycles. The Bertz CT molecular complexity index is 610. The molecule has 0 saturated heterocycles. The van der Waals surface area contributed by atoms with E-state index in [0.717, 1.165) is 25.0 Å². The Hall–Kier alpha value is -1.12. The number of rotatable bonds is 8. The van der Waals surface area contributed by atoms with E-state index in [1.807, 2.05) is 6.92 Å². The van der Waals surface area contributed by atoms with Gasteiger partial charge in [-0.3, -0.25) is 0 Å². The van der Waals surface area contributed by atoms with E-state index >= 15 is 0 Å². The molecule has 27 heavy (non-hydrogen) atoms. The van der Waals surface area contributed by atoms with Crippen LogP contribution in [0, 0.1) is 23.2 Å². The van der Waals surface area contributed by atoms with Gasteiger partial charge >= 0.3 is 0 Å². The molecule has 150 valence electrons. The van der Waals surface area contributed by atoms with Crippen LogP contribution in [0.3, 0.4) is 0 Å². The van der Waals surface area contributed by atoms with Crippen LogP contribution in [0.1, 0.15) is 71.3 Å². The Balaban J connectivity index is 1.61. The molecule has 2 nitrogen and oxygen atoms in total. The second-order valence-electron chi connectivity index (χ2n) is 9.55. The Morgan fingerprint density at radius 2 is 2.00 bits per heavy atom. The molecule has 0 aromatic heterocycles. The van der Waals surface area contributed by atoms with E-state index in [0.29, 0.717) is 29.3 Å². The standard InChI is InChI=1S/C25H38O2/c1-18(2)15-21(26)16-19(3)22-12-13-23-24(11-8-14-25(22,23)4)27-17-20-9-6-5-7-10-20/h5-7,9-10,19,21-24,26H,1,8,11-17H2,2-4H3/t19-,21-,22-,23+,24+,25-/m1/s1. The van der Waals surface area contributed by atoms with E-state index in [9.17, 15) is 5.11 Å². The number of ether oxygens (including phenoxy) is 1. The molecule has 0 radical (unpaired) electrons. The van der Waals surface area contributed by atoms with Crippen molar-refractivity contribution in [2.45, 2.75) is 84.5 Å². The zero-order valence-corrected chi connectivity index (χ0v) is 17.5. The van der Waals surface area contributed by atoms with E-state index in [4.69, 9.17) is 4.74 Å². The van der Waals surface area contributed by atoms with Crippen LogP contribution in [-0.2, 0) is 11.3 Å². The fourth-order valence-corrected chi connectivity index (χ4v) is 6.15. The third kappa shape index (κ3) is 4.84. The summed E-state index contributed by atoms with van der Waals surface area (Å²) in [7, 11) is 0. The third-order valence-corrected chi connectivity index (χ3v) is 7.36. The van der Waals surface area contributed by atoms with Crippen LogP contribution in [0.4, 0.5) is 0 Å². The molecule has 0 amide bonds. The number of benzene rings is 1. The van der Waals surface area contributed by atoms with E-state index in [1.165, 1.54) is 37.7 Å². The lowest BCUT2D eigenvalue weighted by molar-refractivity contribution is -0.0779. The molecule has 0 unspecified atom stereocenters. The van der Waals surface area contributed by atoms with Crippen LogP contribution < -0.4 is 0 Å². The maximum absolute atomic E-state index is 10.4. The van der Waals surface area contributed by atoms with Crippen LogP contribution in [0.25, 0.3) is 0 Å². The zero-order valence-electron chi connectivity index (χ0n) is 17.5. The van der Waals surface area contributed by atoms with Crippen LogP contribution in [0.15, 0.2) is 42.5 Å². The Labute approximate surface area is 166 Å². The van der Waals surface area contributed by atoms with Crippen LogP contribution in [0.2, 0.25) is 0 Å². The first-order valence-electron chi connectivity index (χ1n) is 10.9. The van der Waals surface area contributed by atoms with E-state index in [1.54, 1.807) is 0 Å². The minimum atomic E-state index is -0.242. The number of fused-ring (bicyclic) bond motifs is 1. The third-order valence-electron chi connectivity index (χ3n) is 7.36. The van der Waals surface area contributed by atoms with E-state index in [2.05, 4.69) is 50.8 Å². The van der Waals surface area contributed by atoms with Crippen molar-refractivity contribution < 1.29 is 9.84 Å². The molecular weight excluding hydrogens is 332 g/mol. The molecule has 1 N–H and O–H groups in total. The molecule has 0 heterocycles. The van der Waals surface area contributed by atoms with Gasteiger partial charge in [0.05, 0.1) is 18.8 Å². The first-order valence-corrected chi connectivity index (χ1v) is 10.9. The molecule has 2 heteroatoms. The second-order valence-corrected chi connectivity index (χ2v) is 9.55. The molecule has 1 aromatic carbocycles. The summed E-state index contributed by atoms with van der Waals surface area (Å²) in [6, 6.07) is 10.6. The summed E-state index contributed by atoms with van der Waals surface area (Å²) in [5, 5.41) is 10.4. The van der Waals surface area contributed by atoms with Gasteiger partial charge in [0.2, 0.25) is 0 Å².